The number of para-hydroxylation sites is 1. The molecule has 0 fully saturated rings. The standard InChI is InChI=1S/C20H19N3O2/c1-14-6-3-4-9-19(14)23-20(24)15-10-17(13-21-12-15)22-16-7-5-8-18(11-16)25-2/h3-13,22H,1-2H3,(H,23,24). The highest BCUT2D eigenvalue weighted by Gasteiger charge is 2.09. The number of anilines is 3. The maximum absolute atomic E-state index is 12.5. The predicted octanol–water partition coefficient (Wildman–Crippen LogP) is 4.39. The summed E-state index contributed by atoms with van der Waals surface area (Å²) in [6.45, 7) is 1.95. The van der Waals surface area contributed by atoms with Crippen LogP contribution < -0.4 is 15.4 Å². The number of nitrogens with one attached hydrogen (secondary N) is 2. The molecule has 0 saturated heterocycles. The number of methoxy groups -OCH3 is 1. The molecule has 0 aliphatic rings. The van der Waals surface area contributed by atoms with Gasteiger partial charge in [-0.2, -0.15) is 0 Å². The summed E-state index contributed by atoms with van der Waals surface area (Å²) in [7, 11) is 1.62. The Kier molecular flexibility index (Phi) is 4.95. The van der Waals surface area contributed by atoms with Crippen LogP contribution in [-0.2, 0) is 0 Å². The molecule has 1 heterocycles. The topological polar surface area (TPSA) is 63.2 Å². The van der Waals surface area contributed by atoms with Gasteiger partial charge < -0.3 is 15.4 Å². The first kappa shape index (κ1) is 16.5. The van der Waals surface area contributed by atoms with Crippen LogP contribution in [0.15, 0.2) is 67.0 Å². The van der Waals surface area contributed by atoms with Crippen molar-refractivity contribution in [1.82, 2.24) is 4.98 Å². The molecule has 3 aromatic rings. The van der Waals surface area contributed by atoms with E-state index in [9.17, 15) is 4.79 Å². The highest BCUT2D eigenvalue weighted by atomic mass is 16.5. The maximum atomic E-state index is 12.5. The molecule has 0 saturated carbocycles. The lowest BCUT2D eigenvalue weighted by atomic mass is 10.2. The average Bonchev–Trinajstić information content (AvgIpc) is 2.64. The number of ether oxygens (including phenoxy) is 1. The first-order valence-electron chi connectivity index (χ1n) is 7.89. The highest BCUT2D eigenvalue weighted by Crippen LogP contribution is 2.22. The third kappa shape index (κ3) is 4.14. The Hall–Kier alpha value is -3.34. The number of aryl methyl sites for hydroxylation is 1. The van der Waals surface area contributed by atoms with Crippen molar-refractivity contribution < 1.29 is 9.53 Å². The van der Waals surface area contributed by atoms with Crippen molar-refractivity contribution >= 4 is 23.0 Å². The Bertz CT molecular complexity index is 893. The predicted molar refractivity (Wildman–Crippen MR) is 99.6 cm³/mol. The zero-order chi connectivity index (χ0) is 17.6. The van der Waals surface area contributed by atoms with Crippen molar-refractivity contribution in [2.24, 2.45) is 0 Å². The second kappa shape index (κ2) is 7.49. The molecule has 1 aromatic heterocycles. The van der Waals surface area contributed by atoms with Crippen LogP contribution in [-0.4, -0.2) is 18.0 Å². The second-order valence-corrected chi connectivity index (χ2v) is 5.59. The van der Waals surface area contributed by atoms with Crippen LogP contribution in [0.3, 0.4) is 0 Å². The third-order valence-corrected chi connectivity index (χ3v) is 3.75. The van der Waals surface area contributed by atoms with E-state index in [1.54, 1.807) is 25.6 Å². The van der Waals surface area contributed by atoms with Crippen molar-refractivity contribution in [1.29, 1.82) is 0 Å². The monoisotopic (exact) mass is 333 g/mol. The molecule has 2 N–H and O–H groups in total. The number of amides is 1. The van der Waals surface area contributed by atoms with E-state index in [0.29, 0.717) is 5.56 Å². The van der Waals surface area contributed by atoms with E-state index in [0.717, 1.165) is 28.4 Å². The quantitative estimate of drug-likeness (QED) is 0.727. The molecule has 126 valence electrons. The number of aromatic nitrogens is 1. The summed E-state index contributed by atoms with van der Waals surface area (Å²) >= 11 is 0. The lowest BCUT2D eigenvalue weighted by Crippen LogP contribution is -2.13. The van der Waals surface area contributed by atoms with E-state index in [1.165, 1.54) is 0 Å². The van der Waals surface area contributed by atoms with Crippen molar-refractivity contribution in [3.8, 4) is 5.75 Å². The molecule has 5 nitrogen and oxygen atoms in total. The zero-order valence-corrected chi connectivity index (χ0v) is 14.1. The van der Waals surface area contributed by atoms with Gasteiger partial charge in [0.15, 0.2) is 0 Å². The number of rotatable bonds is 5. The summed E-state index contributed by atoms with van der Waals surface area (Å²) in [5.74, 6) is 0.558. The van der Waals surface area contributed by atoms with Gasteiger partial charge >= 0.3 is 0 Å². The highest BCUT2D eigenvalue weighted by molar-refractivity contribution is 6.05. The van der Waals surface area contributed by atoms with Crippen molar-refractivity contribution in [2.75, 3.05) is 17.7 Å². The van der Waals surface area contributed by atoms with Gasteiger partial charge in [0.2, 0.25) is 0 Å². The molecule has 2 aromatic carbocycles. The fourth-order valence-corrected chi connectivity index (χ4v) is 2.41. The Morgan fingerprint density at radius 2 is 1.84 bits per heavy atom. The molecule has 0 spiro atoms. The number of hydrogen-bond donors (Lipinski definition) is 2. The fourth-order valence-electron chi connectivity index (χ4n) is 2.41. The van der Waals surface area contributed by atoms with Crippen LogP contribution in [0.5, 0.6) is 5.75 Å². The van der Waals surface area contributed by atoms with Gasteiger partial charge in [-0.1, -0.05) is 24.3 Å². The van der Waals surface area contributed by atoms with Crippen LogP contribution in [0.25, 0.3) is 0 Å². The normalized spacial score (nSPS) is 10.2. The summed E-state index contributed by atoms with van der Waals surface area (Å²) in [4.78, 5) is 16.6. The summed E-state index contributed by atoms with van der Waals surface area (Å²) < 4.78 is 5.21. The largest absolute Gasteiger partial charge is 0.497 e. The second-order valence-electron chi connectivity index (χ2n) is 5.59. The summed E-state index contributed by atoms with van der Waals surface area (Å²) in [5, 5.41) is 6.14. The van der Waals surface area contributed by atoms with E-state index in [-0.39, 0.29) is 5.91 Å². The molecule has 0 aliphatic carbocycles. The number of carbonyl (C=O) groups excluding carboxylic acids is 1. The minimum Gasteiger partial charge on any atom is -0.497 e. The minimum absolute atomic E-state index is 0.198. The number of nitrogens with zero attached hydrogens (tertiary/aromatic N) is 1. The molecule has 0 radical (unpaired) electrons. The Morgan fingerprint density at radius 1 is 1.00 bits per heavy atom. The number of hydrogen-bond acceptors (Lipinski definition) is 4. The van der Waals surface area contributed by atoms with Gasteiger partial charge in [-0.15, -0.1) is 0 Å². The first-order chi connectivity index (χ1) is 12.2. The molecule has 0 atom stereocenters. The van der Waals surface area contributed by atoms with Gasteiger partial charge in [-0.25, -0.2) is 0 Å². The first-order valence-corrected chi connectivity index (χ1v) is 7.89. The van der Waals surface area contributed by atoms with E-state index in [4.69, 9.17) is 4.74 Å². The minimum atomic E-state index is -0.198. The Morgan fingerprint density at radius 3 is 2.64 bits per heavy atom. The SMILES string of the molecule is COc1cccc(Nc2cncc(C(=O)Nc3ccccc3C)c2)c1. The van der Waals surface area contributed by atoms with Gasteiger partial charge in [0.1, 0.15) is 5.75 Å². The van der Waals surface area contributed by atoms with E-state index in [2.05, 4.69) is 15.6 Å². The number of carbonyl (C=O) groups is 1. The van der Waals surface area contributed by atoms with Gasteiger partial charge in [-0.05, 0) is 36.8 Å². The molecule has 0 aliphatic heterocycles. The van der Waals surface area contributed by atoms with Crippen molar-refractivity contribution in [3.05, 3.63) is 78.1 Å². The maximum Gasteiger partial charge on any atom is 0.257 e. The van der Waals surface area contributed by atoms with Crippen LogP contribution in [0.2, 0.25) is 0 Å². The lowest BCUT2D eigenvalue weighted by Gasteiger charge is -2.10. The van der Waals surface area contributed by atoms with Gasteiger partial charge in [0.05, 0.1) is 24.6 Å². The van der Waals surface area contributed by atoms with Crippen LogP contribution in [0, 0.1) is 6.92 Å². The van der Waals surface area contributed by atoms with Gasteiger partial charge in [0.25, 0.3) is 5.91 Å². The van der Waals surface area contributed by atoms with E-state index < -0.39 is 0 Å². The summed E-state index contributed by atoms with van der Waals surface area (Å²) in [6.07, 6.45) is 3.22. The zero-order valence-electron chi connectivity index (χ0n) is 14.1. The van der Waals surface area contributed by atoms with Gasteiger partial charge in [-0.3, -0.25) is 9.78 Å². The molecule has 5 heteroatoms. The molecular formula is C20H19N3O2. The van der Waals surface area contributed by atoms with Crippen molar-refractivity contribution in [3.63, 3.8) is 0 Å². The van der Waals surface area contributed by atoms with E-state index >= 15 is 0 Å². The van der Waals surface area contributed by atoms with Crippen LogP contribution in [0.1, 0.15) is 15.9 Å². The molecule has 25 heavy (non-hydrogen) atoms. The molecule has 3 rings (SSSR count). The average molecular weight is 333 g/mol. The number of pyridine rings is 1. The summed E-state index contributed by atoms with van der Waals surface area (Å²) in [5.41, 5.74) is 3.87. The Labute approximate surface area is 146 Å². The summed E-state index contributed by atoms with van der Waals surface area (Å²) in [6, 6.07) is 17.0. The molecular weight excluding hydrogens is 314 g/mol. The van der Waals surface area contributed by atoms with Crippen LogP contribution >= 0.6 is 0 Å². The number of benzene rings is 2. The van der Waals surface area contributed by atoms with Crippen molar-refractivity contribution in [2.45, 2.75) is 6.92 Å². The molecule has 0 bridgehead atoms. The smallest absolute Gasteiger partial charge is 0.257 e. The van der Waals surface area contributed by atoms with Crippen LogP contribution in [0.4, 0.5) is 17.1 Å². The fraction of sp³-hybridized carbons (Fsp3) is 0.100. The third-order valence-electron chi connectivity index (χ3n) is 3.75. The lowest BCUT2D eigenvalue weighted by molar-refractivity contribution is 0.102. The Balaban J connectivity index is 1.76. The molecule has 1 amide bonds. The van der Waals surface area contributed by atoms with Gasteiger partial charge in [0, 0.05) is 23.6 Å². The molecule has 0 unspecified atom stereocenters. The van der Waals surface area contributed by atoms with E-state index in [1.807, 2.05) is 55.5 Å².